The number of anilines is 1. The second-order valence-corrected chi connectivity index (χ2v) is 5.10. The van der Waals surface area contributed by atoms with Crippen molar-refractivity contribution in [2.45, 2.75) is 25.8 Å². The fourth-order valence-electron chi connectivity index (χ4n) is 2.79. The van der Waals surface area contributed by atoms with Crippen molar-refractivity contribution >= 4 is 5.69 Å². The maximum absolute atomic E-state index is 6.14. The Morgan fingerprint density at radius 3 is 3.06 bits per heavy atom. The standard InChI is InChI=1S/C14H20N2O2/c1-2-12(15)10-5-6-16(8-10)11-3-4-13-14(7-11)18-9-17-13/h3-4,7,10,12H,2,5-6,8-9,15H2,1H3. The van der Waals surface area contributed by atoms with E-state index in [4.69, 9.17) is 15.2 Å². The van der Waals surface area contributed by atoms with Gasteiger partial charge in [0, 0.05) is 30.9 Å². The Kier molecular flexibility index (Phi) is 3.04. The Morgan fingerprint density at radius 1 is 1.39 bits per heavy atom. The van der Waals surface area contributed by atoms with E-state index in [0.717, 1.165) is 31.0 Å². The van der Waals surface area contributed by atoms with E-state index in [0.29, 0.717) is 18.8 Å². The first-order valence-electron chi connectivity index (χ1n) is 6.68. The van der Waals surface area contributed by atoms with Crippen molar-refractivity contribution in [3.63, 3.8) is 0 Å². The molecule has 2 heterocycles. The molecule has 1 fully saturated rings. The van der Waals surface area contributed by atoms with Crippen molar-refractivity contribution < 1.29 is 9.47 Å². The van der Waals surface area contributed by atoms with E-state index in [1.54, 1.807) is 0 Å². The fourth-order valence-corrected chi connectivity index (χ4v) is 2.79. The smallest absolute Gasteiger partial charge is 0.231 e. The van der Waals surface area contributed by atoms with E-state index >= 15 is 0 Å². The van der Waals surface area contributed by atoms with Gasteiger partial charge in [0.2, 0.25) is 6.79 Å². The highest BCUT2D eigenvalue weighted by Crippen LogP contribution is 2.37. The van der Waals surface area contributed by atoms with Gasteiger partial charge in [0.1, 0.15) is 0 Å². The number of ether oxygens (including phenoxy) is 2. The molecular weight excluding hydrogens is 228 g/mol. The van der Waals surface area contributed by atoms with Crippen LogP contribution in [-0.4, -0.2) is 25.9 Å². The van der Waals surface area contributed by atoms with Crippen molar-refractivity contribution in [3.05, 3.63) is 18.2 Å². The van der Waals surface area contributed by atoms with Crippen LogP contribution in [0.1, 0.15) is 19.8 Å². The SMILES string of the molecule is CCC(N)C1CCN(c2ccc3c(c2)OCO3)C1. The first-order valence-corrected chi connectivity index (χ1v) is 6.68. The molecule has 4 nitrogen and oxygen atoms in total. The van der Waals surface area contributed by atoms with E-state index in [9.17, 15) is 0 Å². The first-order chi connectivity index (χ1) is 8.78. The van der Waals surface area contributed by atoms with Crippen LogP contribution in [-0.2, 0) is 0 Å². The van der Waals surface area contributed by atoms with Gasteiger partial charge >= 0.3 is 0 Å². The Balaban J connectivity index is 1.73. The van der Waals surface area contributed by atoms with Gasteiger partial charge in [-0.15, -0.1) is 0 Å². The van der Waals surface area contributed by atoms with Crippen molar-refractivity contribution in [3.8, 4) is 11.5 Å². The lowest BCUT2D eigenvalue weighted by molar-refractivity contribution is 0.174. The zero-order chi connectivity index (χ0) is 12.5. The van der Waals surface area contributed by atoms with Crippen molar-refractivity contribution in [1.82, 2.24) is 0 Å². The van der Waals surface area contributed by atoms with Crippen LogP contribution in [0.5, 0.6) is 11.5 Å². The van der Waals surface area contributed by atoms with Crippen LogP contribution in [0.25, 0.3) is 0 Å². The first kappa shape index (κ1) is 11.7. The predicted molar refractivity (Wildman–Crippen MR) is 71.2 cm³/mol. The van der Waals surface area contributed by atoms with Crippen LogP contribution in [0.15, 0.2) is 18.2 Å². The van der Waals surface area contributed by atoms with Gasteiger partial charge in [-0.1, -0.05) is 6.92 Å². The molecule has 0 aliphatic carbocycles. The van der Waals surface area contributed by atoms with Crippen LogP contribution >= 0.6 is 0 Å². The summed E-state index contributed by atoms with van der Waals surface area (Å²) < 4.78 is 10.8. The summed E-state index contributed by atoms with van der Waals surface area (Å²) in [7, 11) is 0. The van der Waals surface area contributed by atoms with Gasteiger partial charge in [0.05, 0.1) is 0 Å². The summed E-state index contributed by atoms with van der Waals surface area (Å²) in [6.45, 7) is 4.63. The number of nitrogens with zero attached hydrogens (tertiary/aromatic N) is 1. The molecule has 1 saturated heterocycles. The fraction of sp³-hybridized carbons (Fsp3) is 0.571. The highest BCUT2D eigenvalue weighted by Gasteiger charge is 2.27. The molecular formula is C14H20N2O2. The Labute approximate surface area is 108 Å². The monoisotopic (exact) mass is 248 g/mol. The minimum absolute atomic E-state index is 0.323. The van der Waals surface area contributed by atoms with Gasteiger partial charge in [0.15, 0.2) is 11.5 Å². The highest BCUT2D eigenvalue weighted by molar-refractivity contribution is 5.57. The van der Waals surface area contributed by atoms with Crippen LogP contribution in [0.4, 0.5) is 5.69 Å². The Morgan fingerprint density at radius 2 is 2.22 bits per heavy atom. The van der Waals surface area contributed by atoms with Gasteiger partial charge in [0.25, 0.3) is 0 Å². The maximum atomic E-state index is 6.14. The minimum Gasteiger partial charge on any atom is -0.454 e. The summed E-state index contributed by atoms with van der Waals surface area (Å²) in [4.78, 5) is 2.39. The van der Waals surface area contributed by atoms with Gasteiger partial charge in [-0.3, -0.25) is 0 Å². The third-order valence-corrected chi connectivity index (χ3v) is 4.02. The van der Waals surface area contributed by atoms with Crippen molar-refractivity contribution in [1.29, 1.82) is 0 Å². The molecule has 98 valence electrons. The average Bonchev–Trinajstić information content (AvgIpc) is 3.05. The largest absolute Gasteiger partial charge is 0.454 e. The average molecular weight is 248 g/mol. The third kappa shape index (κ3) is 2.01. The number of fused-ring (bicyclic) bond motifs is 1. The number of hydrogen-bond donors (Lipinski definition) is 1. The molecule has 0 aromatic heterocycles. The molecule has 4 heteroatoms. The lowest BCUT2D eigenvalue weighted by atomic mass is 9.98. The molecule has 1 aromatic carbocycles. The number of hydrogen-bond acceptors (Lipinski definition) is 4. The van der Waals surface area contributed by atoms with Gasteiger partial charge in [-0.25, -0.2) is 0 Å². The summed E-state index contributed by atoms with van der Waals surface area (Å²) >= 11 is 0. The topological polar surface area (TPSA) is 47.7 Å². The van der Waals surface area contributed by atoms with Crippen LogP contribution in [0.3, 0.4) is 0 Å². The quantitative estimate of drug-likeness (QED) is 0.888. The van der Waals surface area contributed by atoms with Crippen LogP contribution in [0.2, 0.25) is 0 Å². The van der Waals surface area contributed by atoms with E-state index < -0.39 is 0 Å². The summed E-state index contributed by atoms with van der Waals surface area (Å²) in [5.41, 5.74) is 7.35. The number of rotatable bonds is 3. The lowest BCUT2D eigenvalue weighted by Gasteiger charge is -2.21. The van der Waals surface area contributed by atoms with Gasteiger partial charge in [-0.2, -0.15) is 0 Å². The molecule has 0 radical (unpaired) electrons. The minimum atomic E-state index is 0.323. The molecule has 0 saturated carbocycles. The number of benzene rings is 1. The molecule has 2 aliphatic rings. The molecule has 2 unspecified atom stereocenters. The maximum Gasteiger partial charge on any atom is 0.231 e. The zero-order valence-electron chi connectivity index (χ0n) is 10.8. The molecule has 0 amide bonds. The molecule has 2 N–H and O–H groups in total. The van der Waals surface area contributed by atoms with Crippen LogP contribution in [0, 0.1) is 5.92 Å². The predicted octanol–water partition coefficient (Wildman–Crippen LogP) is 1.98. The summed E-state index contributed by atoms with van der Waals surface area (Å²) in [6, 6.07) is 6.49. The number of nitrogens with two attached hydrogens (primary N) is 1. The highest BCUT2D eigenvalue weighted by atomic mass is 16.7. The Hall–Kier alpha value is -1.42. The molecule has 2 aliphatic heterocycles. The van der Waals surface area contributed by atoms with E-state index in [-0.39, 0.29) is 0 Å². The van der Waals surface area contributed by atoms with Crippen LogP contribution < -0.4 is 20.1 Å². The Bertz CT molecular complexity index is 436. The normalized spacial score (nSPS) is 23.4. The molecule has 0 spiro atoms. The zero-order valence-corrected chi connectivity index (χ0v) is 10.8. The lowest BCUT2D eigenvalue weighted by Crippen LogP contribution is -2.31. The van der Waals surface area contributed by atoms with E-state index in [1.807, 2.05) is 6.07 Å². The molecule has 0 bridgehead atoms. The third-order valence-electron chi connectivity index (χ3n) is 4.02. The van der Waals surface area contributed by atoms with Crippen molar-refractivity contribution in [2.24, 2.45) is 11.7 Å². The molecule has 1 aromatic rings. The van der Waals surface area contributed by atoms with Gasteiger partial charge in [-0.05, 0) is 30.9 Å². The summed E-state index contributed by atoms with van der Waals surface area (Å²) in [6.07, 6.45) is 2.24. The second-order valence-electron chi connectivity index (χ2n) is 5.10. The summed E-state index contributed by atoms with van der Waals surface area (Å²) in [5, 5.41) is 0. The molecule has 2 atom stereocenters. The molecule has 18 heavy (non-hydrogen) atoms. The summed E-state index contributed by atoms with van der Waals surface area (Å²) in [5.74, 6) is 2.32. The van der Waals surface area contributed by atoms with Crippen molar-refractivity contribution in [2.75, 3.05) is 24.8 Å². The second kappa shape index (κ2) is 4.69. The molecule has 3 rings (SSSR count). The van der Waals surface area contributed by atoms with E-state index in [2.05, 4.69) is 24.0 Å². The van der Waals surface area contributed by atoms with E-state index in [1.165, 1.54) is 12.1 Å². The van der Waals surface area contributed by atoms with Gasteiger partial charge < -0.3 is 20.1 Å².